The van der Waals surface area contributed by atoms with Gasteiger partial charge in [0.15, 0.2) is 0 Å². The first kappa shape index (κ1) is 13.8. The third-order valence-electron chi connectivity index (χ3n) is 3.52. The van der Waals surface area contributed by atoms with Crippen LogP contribution in [-0.2, 0) is 13.0 Å². The number of aryl methyl sites for hydroxylation is 2. The zero-order valence-electron chi connectivity index (χ0n) is 11.7. The molecule has 21 heavy (non-hydrogen) atoms. The lowest BCUT2D eigenvalue weighted by atomic mass is 10.1. The summed E-state index contributed by atoms with van der Waals surface area (Å²) >= 11 is 6.05. The molecule has 0 unspecified atom stereocenters. The van der Waals surface area contributed by atoms with Crippen LogP contribution in [0.5, 0.6) is 5.75 Å². The number of methoxy groups -OCH3 is 1. The molecule has 0 amide bonds. The minimum Gasteiger partial charge on any atom is -0.497 e. The Hall–Kier alpha value is -2.20. The van der Waals surface area contributed by atoms with E-state index in [1.54, 1.807) is 7.11 Å². The van der Waals surface area contributed by atoms with Gasteiger partial charge in [0.05, 0.1) is 18.1 Å². The average Bonchev–Trinajstić information content (AvgIpc) is 2.80. The first-order chi connectivity index (χ1) is 10.2. The number of ether oxygens (including phenoxy) is 1. The molecule has 108 valence electrons. The number of rotatable bonds is 4. The van der Waals surface area contributed by atoms with Crippen LogP contribution in [0.4, 0.5) is 5.95 Å². The second-order valence-corrected chi connectivity index (χ2v) is 5.29. The van der Waals surface area contributed by atoms with E-state index in [4.69, 9.17) is 22.1 Å². The predicted molar refractivity (Wildman–Crippen MR) is 85.9 cm³/mol. The summed E-state index contributed by atoms with van der Waals surface area (Å²) in [5.74, 6) is 1.37. The van der Waals surface area contributed by atoms with Crippen molar-refractivity contribution in [1.82, 2.24) is 9.55 Å². The van der Waals surface area contributed by atoms with Crippen molar-refractivity contribution in [2.24, 2.45) is 0 Å². The molecule has 0 saturated heterocycles. The van der Waals surface area contributed by atoms with Crippen molar-refractivity contribution in [3.63, 3.8) is 0 Å². The third-order valence-corrected chi connectivity index (χ3v) is 3.76. The van der Waals surface area contributed by atoms with Crippen LogP contribution < -0.4 is 10.5 Å². The maximum atomic E-state index is 6.05. The Kier molecular flexibility index (Phi) is 3.71. The van der Waals surface area contributed by atoms with Gasteiger partial charge in [-0.2, -0.15) is 0 Å². The van der Waals surface area contributed by atoms with Crippen molar-refractivity contribution in [3.8, 4) is 5.75 Å². The number of nitrogens with zero attached hydrogens (tertiary/aromatic N) is 2. The van der Waals surface area contributed by atoms with E-state index < -0.39 is 0 Å². The molecule has 4 nitrogen and oxygen atoms in total. The van der Waals surface area contributed by atoms with Crippen molar-refractivity contribution in [3.05, 3.63) is 53.1 Å². The summed E-state index contributed by atoms with van der Waals surface area (Å²) in [6, 6.07) is 13.6. The van der Waals surface area contributed by atoms with Crippen LogP contribution >= 0.6 is 11.6 Å². The largest absolute Gasteiger partial charge is 0.497 e. The quantitative estimate of drug-likeness (QED) is 0.802. The average molecular weight is 302 g/mol. The zero-order chi connectivity index (χ0) is 14.8. The van der Waals surface area contributed by atoms with E-state index in [0.717, 1.165) is 29.7 Å². The van der Waals surface area contributed by atoms with Gasteiger partial charge in [-0.3, -0.25) is 0 Å². The predicted octanol–water partition coefficient (Wildman–Crippen LogP) is 3.52. The van der Waals surface area contributed by atoms with Crippen LogP contribution in [0.3, 0.4) is 0 Å². The molecule has 0 spiro atoms. The molecular weight excluding hydrogens is 286 g/mol. The Morgan fingerprint density at radius 3 is 2.67 bits per heavy atom. The van der Waals surface area contributed by atoms with Gasteiger partial charge in [0.2, 0.25) is 5.95 Å². The monoisotopic (exact) mass is 301 g/mol. The summed E-state index contributed by atoms with van der Waals surface area (Å²) in [7, 11) is 1.66. The summed E-state index contributed by atoms with van der Waals surface area (Å²) in [5, 5.41) is 0.688. The van der Waals surface area contributed by atoms with Gasteiger partial charge in [-0.25, -0.2) is 4.98 Å². The van der Waals surface area contributed by atoms with Gasteiger partial charge in [0.1, 0.15) is 5.75 Å². The molecule has 0 aliphatic carbocycles. The molecule has 0 saturated carbocycles. The first-order valence-electron chi connectivity index (χ1n) is 6.71. The number of anilines is 1. The highest BCUT2D eigenvalue weighted by atomic mass is 35.5. The van der Waals surface area contributed by atoms with Crippen LogP contribution in [0, 0.1) is 0 Å². The summed E-state index contributed by atoms with van der Waals surface area (Å²) < 4.78 is 7.15. The van der Waals surface area contributed by atoms with E-state index >= 15 is 0 Å². The Bertz CT molecular complexity index is 765. The highest BCUT2D eigenvalue weighted by molar-refractivity contribution is 6.31. The number of aromatic nitrogens is 2. The lowest BCUT2D eigenvalue weighted by Gasteiger charge is -2.07. The van der Waals surface area contributed by atoms with E-state index in [1.807, 2.05) is 34.9 Å². The van der Waals surface area contributed by atoms with Crippen molar-refractivity contribution < 1.29 is 4.74 Å². The number of nitrogens with two attached hydrogens (primary N) is 1. The first-order valence-corrected chi connectivity index (χ1v) is 7.09. The molecule has 3 rings (SSSR count). The second kappa shape index (κ2) is 5.66. The maximum absolute atomic E-state index is 6.05. The van der Waals surface area contributed by atoms with E-state index in [0.29, 0.717) is 11.0 Å². The van der Waals surface area contributed by atoms with E-state index in [9.17, 15) is 0 Å². The lowest BCUT2D eigenvalue weighted by molar-refractivity contribution is 0.414. The molecule has 0 radical (unpaired) electrons. The van der Waals surface area contributed by atoms with Gasteiger partial charge in [-0.1, -0.05) is 23.7 Å². The molecule has 0 atom stereocenters. The van der Waals surface area contributed by atoms with Crippen LogP contribution in [0.15, 0.2) is 42.5 Å². The highest BCUT2D eigenvalue weighted by Gasteiger charge is 2.08. The zero-order valence-corrected chi connectivity index (χ0v) is 12.5. The van der Waals surface area contributed by atoms with Crippen molar-refractivity contribution >= 4 is 28.6 Å². The number of hydrogen-bond acceptors (Lipinski definition) is 3. The summed E-state index contributed by atoms with van der Waals surface area (Å²) in [6.07, 6.45) is 0.867. The van der Waals surface area contributed by atoms with E-state index in [2.05, 4.69) is 17.1 Å². The third kappa shape index (κ3) is 2.81. The van der Waals surface area contributed by atoms with Gasteiger partial charge in [0, 0.05) is 11.6 Å². The Morgan fingerprint density at radius 2 is 1.95 bits per heavy atom. The van der Waals surface area contributed by atoms with Crippen LogP contribution in [0.1, 0.15) is 5.56 Å². The standard InChI is InChI=1S/C16H16ClN3O/c1-21-13-5-2-11(3-6-13)8-9-20-15-10-12(17)4-7-14(15)19-16(20)18/h2-7,10H,8-9H2,1H3,(H2,18,19). The maximum Gasteiger partial charge on any atom is 0.201 e. The lowest BCUT2D eigenvalue weighted by Crippen LogP contribution is -2.05. The number of benzene rings is 2. The minimum absolute atomic E-state index is 0.515. The molecule has 2 aromatic carbocycles. The smallest absolute Gasteiger partial charge is 0.201 e. The Balaban J connectivity index is 1.84. The second-order valence-electron chi connectivity index (χ2n) is 4.85. The molecule has 0 bridgehead atoms. The molecule has 5 heteroatoms. The van der Waals surface area contributed by atoms with Gasteiger partial charge >= 0.3 is 0 Å². The van der Waals surface area contributed by atoms with E-state index in [1.165, 1.54) is 5.56 Å². The van der Waals surface area contributed by atoms with Crippen LogP contribution in [0.2, 0.25) is 5.02 Å². The minimum atomic E-state index is 0.515. The number of hydrogen-bond donors (Lipinski definition) is 1. The molecule has 0 aliphatic rings. The van der Waals surface area contributed by atoms with Gasteiger partial charge in [-0.15, -0.1) is 0 Å². The number of nitrogen functional groups attached to an aromatic ring is 1. The van der Waals surface area contributed by atoms with Gasteiger partial charge in [-0.05, 0) is 42.3 Å². The fourth-order valence-electron chi connectivity index (χ4n) is 2.38. The van der Waals surface area contributed by atoms with Gasteiger partial charge < -0.3 is 15.0 Å². The van der Waals surface area contributed by atoms with Crippen LogP contribution in [0.25, 0.3) is 11.0 Å². The fraction of sp³-hybridized carbons (Fsp3) is 0.188. The summed E-state index contributed by atoms with van der Waals surface area (Å²) in [6.45, 7) is 0.759. The number of halogens is 1. The van der Waals surface area contributed by atoms with Crippen molar-refractivity contribution in [2.75, 3.05) is 12.8 Å². The van der Waals surface area contributed by atoms with Crippen molar-refractivity contribution in [2.45, 2.75) is 13.0 Å². The Morgan fingerprint density at radius 1 is 1.19 bits per heavy atom. The van der Waals surface area contributed by atoms with E-state index in [-0.39, 0.29) is 0 Å². The summed E-state index contributed by atoms with van der Waals surface area (Å²) in [4.78, 5) is 4.36. The van der Waals surface area contributed by atoms with Crippen molar-refractivity contribution in [1.29, 1.82) is 0 Å². The number of imidazole rings is 1. The molecular formula is C16H16ClN3O. The summed E-state index contributed by atoms with van der Waals surface area (Å²) in [5.41, 5.74) is 9.06. The fourth-order valence-corrected chi connectivity index (χ4v) is 2.55. The molecule has 0 fully saturated rings. The Labute approximate surface area is 128 Å². The topological polar surface area (TPSA) is 53.1 Å². The molecule has 0 aliphatic heterocycles. The number of fused-ring (bicyclic) bond motifs is 1. The van der Waals surface area contributed by atoms with Gasteiger partial charge in [0.25, 0.3) is 0 Å². The highest BCUT2D eigenvalue weighted by Crippen LogP contribution is 2.22. The van der Waals surface area contributed by atoms with Crippen LogP contribution in [-0.4, -0.2) is 16.7 Å². The molecule has 1 aromatic heterocycles. The molecule has 1 heterocycles. The molecule has 3 aromatic rings. The SMILES string of the molecule is COc1ccc(CCn2c(N)nc3ccc(Cl)cc32)cc1. The molecule has 2 N–H and O–H groups in total. The normalized spacial score (nSPS) is 11.0.